The number of hydrogen-bond acceptors (Lipinski definition) is 4. The summed E-state index contributed by atoms with van der Waals surface area (Å²) in [6.45, 7) is 14.4. The molecule has 196 valence electrons. The normalized spacial score (nSPS) is 17.8. The highest BCUT2D eigenvalue weighted by atomic mass is 28.4. The van der Waals surface area contributed by atoms with E-state index in [-0.39, 0.29) is 12.1 Å². The lowest BCUT2D eigenvalue weighted by Gasteiger charge is -2.42. The van der Waals surface area contributed by atoms with Gasteiger partial charge >= 0.3 is 0 Å². The Morgan fingerprint density at radius 1 is 0.784 bits per heavy atom. The Morgan fingerprint density at radius 2 is 1.35 bits per heavy atom. The average Bonchev–Trinajstić information content (AvgIpc) is 3.35. The van der Waals surface area contributed by atoms with Crippen LogP contribution in [0, 0.1) is 0 Å². The number of rotatable bonds is 10. The number of ether oxygens (including phenoxy) is 2. The minimum Gasteiger partial charge on any atom is -0.496 e. The number of hydrogen-bond donors (Lipinski definition) is 0. The van der Waals surface area contributed by atoms with E-state index in [1.807, 2.05) is 24.3 Å². The van der Waals surface area contributed by atoms with Gasteiger partial charge in [-0.05, 0) is 45.9 Å². The summed E-state index contributed by atoms with van der Waals surface area (Å²) in [5.41, 5.74) is 5.79. The van der Waals surface area contributed by atoms with Gasteiger partial charge in [-0.3, -0.25) is 0 Å². The predicted molar refractivity (Wildman–Crippen MR) is 155 cm³/mol. The molecule has 2 atom stereocenters. The van der Waals surface area contributed by atoms with Gasteiger partial charge in [-0.25, -0.2) is 4.99 Å². The second kappa shape index (κ2) is 11.7. The van der Waals surface area contributed by atoms with E-state index in [1.165, 1.54) is 0 Å². The summed E-state index contributed by atoms with van der Waals surface area (Å²) >= 11 is 0. The first kappa shape index (κ1) is 27.1. The van der Waals surface area contributed by atoms with Crippen molar-refractivity contribution in [1.29, 1.82) is 0 Å². The van der Waals surface area contributed by atoms with Crippen LogP contribution in [0.1, 0.15) is 75.9 Å². The summed E-state index contributed by atoms with van der Waals surface area (Å²) in [5, 5.41) is 0. The van der Waals surface area contributed by atoms with Gasteiger partial charge in [-0.1, -0.05) is 102 Å². The van der Waals surface area contributed by atoms with Gasteiger partial charge in [0, 0.05) is 11.1 Å². The molecular weight excluding hydrogens is 474 g/mol. The first-order chi connectivity index (χ1) is 17.8. The van der Waals surface area contributed by atoms with Gasteiger partial charge in [0.05, 0.1) is 13.7 Å². The van der Waals surface area contributed by atoms with Gasteiger partial charge in [0.2, 0.25) is 14.2 Å². The van der Waals surface area contributed by atoms with E-state index in [9.17, 15) is 0 Å². The van der Waals surface area contributed by atoms with Crippen molar-refractivity contribution in [3.8, 4) is 5.75 Å². The molecule has 0 radical (unpaired) electrons. The molecule has 0 bridgehead atoms. The van der Waals surface area contributed by atoms with E-state index in [0.29, 0.717) is 29.1 Å². The van der Waals surface area contributed by atoms with Crippen LogP contribution in [0.4, 0.5) is 0 Å². The Balaban J connectivity index is 1.68. The predicted octanol–water partition coefficient (Wildman–Crippen LogP) is 8.65. The van der Waals surface area contributed by atoms with Crippen LogP contribution in [0.5, 0.6) is 5.75 Å². The van der Waals surface area contributed by atoms with Gasteiger partial charge < -0.3 is 13.9 Å². The average molecular weight is 516 g/mol. The quantitative estimate of drug-likeness (QED) is 0.254. The molecule has 1 aliphatic rings. The maximum absolute atomic E-state index is 6.92. The van der Waals surface area contributed by atoms with E-state index in [4.69, 9.17) is 18.9 Å². The Bertz CT molecular complexity index is 1170. The third-order valence-electron chi connectivity index (χ3n) is 7.76. The third-order valence-corrected chi connectivity index (χ3v) is 13.8. The molecule has 1 heterocycles. The molecule has 3 aromatic carbocycles. The second-order valence-corrected chi connectivity index (χ2v) is 16.3. The molecule has 4 nitrogen and oxygen atoms in total. The highest BCUT2D eigenvalue weighted by molar-refractivity contribution is 6.77. The van der Waals surface area contributed by atoms with Crippen LogP contribution >= 0.6 is 0 Å². The fraction of sp³-hybridized carbons (Fsp3) is 0.406. The van der Waals surface area contributed by atoms with Crippen LogP contribution in [0.15, 0.2) is 83.9 Å². The molecule has 0 aliphatic carbocycles. The summed E-state index contributed by atoms with van der Waals surface area (Å²) in [7, 11) is -0.303. The maximum Gasteiger partial charge on any atom is 0.217 e. The van der Waals surface area contributed by atoms with Crippen LogP contribution in [0.25, 0.3) is 0 Å². The Morgan fingerprint density at radius 3 is 1.89 bits per heavy atom. The Labute approximate surface area is 223 Å². The van der Waals surface area contributed by atoms with E-state index < -0.39 is 8.32 Å². The molecule has 0 N–H and O–H groups in total. The summed E-state index contributed by atoms with van der Waals surface area (Å²) in [6.07, 6.45) is -0.178. The van der Waals surface area contributed by atoms with Crippen molar-refractivity contribution in [3.05, 3.63) is 101 Å². The van der Waals surface area contributed by atoms with Crippen LogP contribution in [0.2, 0.25) is 16.6 Å². The monoisotopic (exact) mass is 515 g/mol. The second-order valence-electron chi connectivity index (χ2n) is 10.9. The summed E-state index contributed by atoms with van der Waals surface area (Å²) < 4.78 is 19.2. The van der Waals surface area contributed by atoms with Crippen LogP contribution in [-0.2, 0) is 15.8 Å². The molecule has 0 aromatic heterocycles. The van der Waals surface area contributed by atoms with Gasteiger partial charge in [-0.2, -0.15) is 0 Å². The molecule has 0 unspecified atom stereocenters. The smallest absolute Gasteiger partial charge is 0.217 e. The van der Waals surface area contributed by atoms with E-state index in [2.05, 4.69) is 96.1 Å². The number of nitrogens with zero attached hydrogens (tertiary/aromatic N) is 1. The number of methoxy groups -OCH3 is 1. The standard InChI is InChI=1S/C32H41NO3Si/c1-22(2)37(23(3)4,24(5)6)35-21-28-20-27(18-19-29(28)34-7)32-33-30(25-14-10-8-11-15-25)31(36-32)26-16-12-9-13-17-26/h8-20,22-24,30-31H,21H2,1-7H3/t30-,31-/m1/s1. The first-order valence-electron chi connectivity index (χ1n) is 13.4. The third kappa shape index (κ3) is 5.53. The Hall–Kier alpha value is -2.89. The van der Waals surface area contributed by atoms with Gasteiger partial charge in [0.15, 0.2) is 6.10 Å². The fourth-order valence-electron chi connectivity index (χ4n) is 6.07. The van der Waals surface area contributed by atoms with E-state index in [0.717, 1.165) is 28.0 Å². The first-order valence-corrected chi connectivity index (χ1v) is 15.6. The highest BCUT2D eigenvalue weighted by Gasteiger charge is 2.45. The zero-order valence-corrected chi connectivity index (χ0v) is 24.3. The van der Waals surface area contributed by atoms with Gasteiger partial charge in [-0.15, -0.1) is 0 Å². The van der Waals surface area contributed by atoms with E-state index in [1.54, 1.807) is 7.11 Å². The maximum atomic E-state index is 6.92. The minimum atomic E-state index is -2.02. The summed E-state index contributed by atoms with van der Waals surface area (Å²) in [5.74, 6) is 1.49. The SMILES string of the molecule is COc1ccc(C2=N[C@H](c3ccccc3)[C@@H](c3ccccc3)O2)cc1CO[Si](C(C)C)(C(C)C)C(C)C. The van der Waals surface area contributed by atoms with Crippen LogP contribution < -0.4 is 4.74 Å². The summed E-state index contributed by atoms with van der Waals surface area (Å²) in [6, 6.07) is 26.8. The molecule has 0 saturated carbocycles. The zero-order chi connectivity index (χ0) is 26.6. The number of benzene rings is 3. The molecule has 0 amide bonds. The molecule has 5 heteroatoms. The van der Waals surface area contributed by atoms with Crippen LogP contribution in [-0.4, -0.2) is 21.3 Å². The molecule has 37 heavy (non-hydrogen) atoms. The molecule has 3 aromatic rings. The van der Waals surface area contributed by atoms with Gasteiger partial charge in [0.25, 0.3) is 0 Å². The fourth-order valence-corrected chi connectivity index (χ4v) is 11.5. The van der Waals surface area contributed by atoms with E-state index >= 15 is 0 Å². The van der Waals surface area contributed by atoms with Crippen molar-refractivity contribution in [2.24, 2.45) is 4.99 Å². The molecular formula is C32H41NO3Si. The molecule has 0 spiro atoms. The molecule has 0 fully saturated rings. The van der Waals surface area contributed by atoms with Crippen molar-refractivity contribution in [3.63, 3.8) is 0 Å². The number of aliphatic imine (C=N–C) groups is 1. The topological polar surface area (TPSA) is 40.0 Å². The van der Waals surface area contributed by atoms with Crippen molar-refractivity contribution >= 4 is 14.2 Å². The lowest BCUT2D eigenvalue weighted by Crippen LogP contribution is -2.47. The lowest BCUT2D eigenvalue weighted by atomic mass is 9.97. The molecule has 1 aliphatic heterocycles. The highest BCUT2D eigenvalue weighted by Crippen LogP contribution is 2.44. The zero-order valence-electron chi connectivity index (χ0n) is 23.3. The summed E-state index contributed by atoms with van der Waals surface area (Å²) in [4.78, 5) is 5.10. The lowest BCUT2D eigenvalue weighted by molar-refractivity contribution is 0.197. The Kier molecular flexibility index (Phi) is 8.55. The van der Waals surface area contributed by atoms with Crippen molar-refractivity contribution in [1.82, 2.24) is 0 Å². The largest absolute Gasteiger partial charge is 0.496 e. The van der Waals surface area contributed by atoms with Crippen molar-refractivity contribution in [2.45, 2.75) is 76.9 Å². The van der Waals surface area contributed by atoms with Crippen LogP contribution in [0.3, 0.4) is 0 Å². The van der Waals surface area contributed by atoms with Crippen molar-refractivity contribution < 1.29 is 13.9 Å². The minimum absolute atomic E-state index is 0.108. The van der Waals surface area contributed by atoms with Gasteiger partial charge in [0.1, 0.15) is 11.8 Å². The molecule has 4 rings (SSSR count). The molecule has 0 saturated heterocycles. The van der Waals surface area contributed by atoms with Crippen molar-refractivity contribution in [2.75, 3.05) is 7.11 Å².